The van der Waals surface area contributed by atoms with E-state index in [-0.39, 0.29) is 38.9 Å². The monoisotopic (exact) mass is 1730 g/mol. The third kappa shape index (κ3) is 21.7. The lowest BCUT2D eigenvalue weighted by Gasteiger charge is -2.14. The van der Waals surface area contributed by atoms with Crippen molar-refractivity contribution in [2.24, 2.45) is 0 Å². The predicted molar refractivity (Wildman–Crippen MR) is 438 cm³/mol. The van der Waals surface area contributed by atoms with E-state index in [0.717, 1.165) is 67.7 Å². The number of hydrogen-bond donors (Lipinski definition) is 4. The number of aryl methyl sites for hydroxylation is 5. The first-order valence-corrected chi connectivity index (χ1v) is 37.7. The lowest BCUT2D eigenvalue weighted by atomic mass is 10.1. The number of benzene rings is 8. The Morgan fingerprint density at radius 2 is 0.580 bits per heavy atom. The first-order valence-electron chi connectivity index (χ1n) is 35.9. The molecule has 31 heteroatoms. The molecule has 610 valence electrons. The van der Waals surface area contributed by atoms with E-state index in [1.807, 2.05) is 82.3 Å². The Kier molecular flexibility index (Phi) is 24.9. The Morgan fingerprint density at radius 3 is 0.933 bits per heavy atom. The highest BCUT2D eigenvalue weighted by atomic mass is 35.5. The number of halogens is 15. The van der Waals surface area contributed by atoms with Crippen LogP contribution in [0.3, 0.4) is 0 Å². The smallest absolute Gasteiger partial charge is 0.453 e. The maximum atomic E-state index is 13.2. The van der Waals surface area contributed by atoms with Crippen molar-refractivity contribution in [1.82, 2.24) is 39.9 Å². The molecule has 8 aromatic carbocycles. The third-order valence-corrected chi connectivity index (χ3v) is 18.9. The molecule has 0 spiro atoms. The Bertz CT molecular complexity index is 6030. The van der Waals surface area contributed by atoms with Gasteiger partial charge in [0.05, 0.1) is 32.8 Å². The third-order valence-electron chi connectivity index (χ3n) is 17.5. The summed E-state index contributed by atoms with van der Waals surface area (Å²) in [5.41, 5.74) is 12.8. The highest BCUT2D eigenvalue weighted by Crippen LogP contribution is 2.42. The Hall–Kier alpha value is -12.3. The van der Waals surface area contributed by atoms with Gasteiger partial charge in [0.25, 0.3) is 0 Å². The summed E-state index contributed by atoms with van der Waals surface area (Å²) in [6, 6.07) is 62.0. The number of hydrogen-bond acceptors (Lipinski definition) is 12. The van der Waals surface area contributed by atoms with Gasteiger partial charge in [-0.05, 0) is 216 Å². The lowest BCUT2D eigenvalue weighted by molar-refractivity contribution is -0.274. The van der Waals surface area contributed by atoms with Crippen molar-refractivity contribution in [3.05, 3.63) is 284 Å². The second-order valence-corrected chi connectivity index (χ2v) is 29.1. The molecule has 16 nitrogen and oxygen atoms in total. The van der Waals surface area contributed by atoms with Crippen LogP contribution in [0.15, 0.2) is 242 Å². The molecule has 0 aliphatic heterocycles. The number of nitrogens with one attached hydrogen (secondary N) is 4. The molecule has 0 aliphatic carbocycles. The zero-order chi connectivity index (χ0) is 85.0. The average Bonchev–Trinajstić information content (AvgIpc) is 1.68. The van der Waals surface area contributed by atoms with Crippen LogP contribution < -0.4 is 18.9 Å². The number of aromatic nitrogens is 8. The number of ether oxygens (including phenoxy) is 4. The van der Waals surface area contributed by atoms with Crippen molar-refractivity contribution in [2.75, 3.05) is 0 Å². The van der Waals surface area contributed by atoms with Gasteiger partial charge in [-0.25, -0.2) is 24.3 Å². The molecule has 16 aromatic rings. The minimum atomic E-state index is -4.76. The summed E-state index contributed by atoms with van der Waals surface area (Å²) in [7, 11) is 0. The molecule has 4 N–H and O–H groups in total. The van der Waals surface area contributed by atoms with E-state index in [9.17, 15) is 43.9 Å². The van der Waals surface area contributed by atoms with Gasteiger partial charge in [0.1, 0.15) is 51.9 Å². The van der Waals surface area contributed by atoms with E-state index >= 15 is 0 Å². The van der Waals surface area contributed by atoms with Crippen LogP contribution in [0.4, 0.5) is 43.9 Å². The standard InChI is InChI=1S/C22H16Cl2F2N2O2.2C22H16ClF3N2O2.C22H17ClF2N2O2/c1-12-20(13-3-6-15(23)7-4-13)28-21(27-12)19-10-9-17(29-19)14-5-8-18(16(24)11-14)30-22(2,25)26;1-12-20(13-3-6-15(24)7-4-13)28-21(27-12)18-10-9-17(29-18)14-5-8-16(23)19(11-14)30-22(2,25)26;1-12-3-4-15(11-19(12)30-22(24,25)26)17-9-10-18(29-17)21-27-13(2)20(28-21)14-5-7-16(23)8-6-14;1-13-20(15-3-7-16(23)8-4-15)27-21(26-13)19-12-11-18(28-19)14-5-9-17(10-6-14)29-22(2,24)25/h3*3-11H,1-2H3,(H,27,28);3-12H,1-2H3,(H,26,27). The van der Waals surface area contributed by atoms with Crippen LogP contribution in [0, 0.1) is 40.4 Å². The topological polar surface area (TPSA) is 204 Å². The summed E-state index contributed by atoms with van der Waals surface area (Å²) < 4.78 is 171. The molecule has 16 rings (SSSR count). The van der Waals surface area contributed by atoms with Crippen LogP contribution >= 0.6 is 58.0 Å². The van der Waals surface area contributed by atoms with E-state index in [0.29, 0.717) is 133 Å². The Balaban J connectivity index is 0.000000137. The number of furan rings is 4. The number of rotatable bonds is 19. The highest BCUT2D eigenvalue weighted by Gasteiger charge is 2.33. The van der Waals surface area contributed by atoms with Gasteiger partial charge in [0.2, 0.25) is 0 Å². The zero-order valence-electron chi connectivity index (χ0n) is 63.6. The highest BCUT2D eigenvalue weighted by molar-refractivity contribution is 6.33. The molecular formula is C88H65Cl5F10N8O8. The fraction of sp³-hybridized carbons (Fsp3) is 0.136. The van der Waals surface area contributed by atoms with Crippen LogP contribution in [0.1, 0.15) is 49.1 Å². The van der Waals surface area contributed by atoms with Crippen LogP contribution in [0.2, 0.25) is 25.1 Å². The fourth-order valence-corrected chi connectivity index (χ4v) is 12.8. The molecule has 0 bridgehead atoms. The molecule has 0 atom stereocenters. The quantitative estimate of drug-likeness (QED) is 0.0559. The summed E-state index contributed by atoms with van der Waals surface area (Å²) in [6.45, 7) is 11.1. The molecule has 0 amide bonds. The number of alkyl halides is 9. The first kappa shape index (κ1) is 84.6. The Morgan fingerprint density at radius 1 is 0.286 bits per heavy atom. The Labute approximate surface area is 697 Å². The zero-order valence-corrected chi connectivity index (χ0v) is 67.4. The van der Waals surface area contributed by atoms with Crippen molar-refractivity contribution < 1.29 is 80.5 Å². The minimum absolute atomic E-state index is 0.0610. The van der Waals surface area contributed by atoms with Crippen molar-refractivity contribution in [3.8, 4) is 160 Å². The molecule has 0 radical (unpaired) electrons. The maximum absolute atomic E-state index is 13.2. The largest absolute Gasteiger partial charge is 0.573 e. The fourth-order valence-electron chi connectivity index (χ4n) is 12.1. The van der Waals surface area contributed by atoms with Gasteiger partial charge in [-0.15, -0.1) is 13.2 Å². The SMILES string of the molecule is Cc1[nH]c(-c2ccc(-c3ccc(Cl)c(OC(C)(F)F)c3)o2)nc1-c1ccc(F)cc1.Cc1[nH]c(-c2ccc(-c3ccc(OC(C)(F)F)c(Cl)c3)o2)nc1-c1ccc(Cl)cc1.Cc1[nH]c(-c2ccc(-c3ccc(OC(C)(F)F)cc3)o2)nc1-c1ccc(Cl)cc1.Cc1ccc(-c2ccc(-c3nc(-c4ccc(Cl)cc4)c(C)[nH]3)o2)cc1OC(F)(F)F. The molecule has 8 heterocycles. The molecule has 0 unspecified atom stereocenters. The number of aromatic amines is 4. The van der Waals surface area contributed by atoms with Gasteiger partial charge in [-0.1, -0.05) is 107 Å². The summed E-state index contributed by atoms with van der Waals surface area (Å²) in [4.78, 5) is 31.2. The number of H-pyrrole nitrogens is 4. The van der Waals surface area contributed by atoms with E-state index in [1.165, 1.54) is 54.6 Å². The summed E-state index contributed by atoms with van der Waals surface area (Å²) in [5, 5.41) is 2.08. The van der Waals surface area contributed by atoms with Gasteiger partial charge in [-0.2, -0.15) is 26.3 Å². The maximum Gasteiger partial charge on any atom is 0.573 e. The van der Waals surface area contributed by atoms with Crippen LogP contribution in [-0.4, -0.2) is 64.6 Å². The molecule has 0 saturated heterocycles. The van der Waals surface area contributed by atoms with Crippen molar-refractivity contribution in [3.63, 3.8) is 0 Å². The van der Waals surface area contributed by atoms with Gasteiger partial charge in [0, 0.05) is 103 Å². The molecule has 8 aromatic heterocycles. The number of nitrogens with zero attached hydrogens (tertiary/aromatic N) is 4. The summed E-state index contributed by atoms with van der Waals surface area (Å²) >= 11 is 29.9. The summed E-state index contributed by atoms with van der Waals surface area (Å²) in [6.07, 6.45) is -14.7. The van der Waals surface area contributed by atoms with E-state index < -0.39 is 24.7 Å². The predicted octanol–water partition coefficient (Wildman–Crippen LogP) is 28.8. The molecule has 0 saturated carbocycles. The minimum Gasteiger partial charge on any atom is -0.453 e. The number of imidazole rings is 4. The van der Waals surface area contributed by atoms with Gasteiger partial charge < -0.3 is 56.6 Å². The lowest BCUT2D eigenvalue weighted by Crippen LogP contribution is -2.19. The summed E-state index contributed by atoms with van der Waals surface area (Å²) in [5.74, 6) is 5.40. The van der Waals surface area contributed by atoms with Crippen molar-refractivity contribution in [2.45, 2.75) is 80.1 Å². The molecule has 0 aliphatic rings. The van der Waals surface area contributed by atoms with E-state index in [4.69, 9.17) is 75.7 Å². The van der Waals surface area contributed by atoms with Gasteiger partial charge >= 0.3 is 24.7 Å². The normalized spacial score (nSPS) is 11.7. The molecular weight excluding hydrogens is 1660 g/mol. The van der Waals surface area contributed by atoms with E-state index in [1.54, 1.807) is 122 Å². The first-order chi connectivity index (χ1) is 56.4. The molecule has 119 heavy (non-hydrogen) atoms. The van der Waals surface area contributed by atoms with Crippen LogP contribution in [0.25, 0.3) is 137 Å². The van der Waals surface area contributed by atoms with Crippen molar-refractivity contribution >= 4 is 58.0 Å². The average molecular weight is 1730 g/mol. The van der Waals surface area contributed by atoms with Crippen molar-refractivity contribution in [1.29, 1.82) is 0 Å². The van der Waals surface area contributed by atoms with E-state index in [2.05, 4.69) is 58.8 Å². The second-order valence-electron chi connectivity index (χ2n) is 27.0. The van der Waals surface area contributed by atoms with Crippen LogP contribution in [-0.2, 0) is 0 Å². The van der Waals surface area contributed by atoms with Crippen LogP contribution in [0.5, 0.6) is 23.0 Å². The second kappa shape index (κ2) is 35.1. The van der Waals surface area contributed by atoms with Gasteiger partial charge in [-0.3, -0.25) is 0 Å². The molecule has 0 fully saturated rings. The van der Waals surface area contributed by atoms with Gasteiger partial charge in [0.15, 0.2) is 46.3 Å².